The number of carbonyl (C=O) groups excluding carboxylic acids is 2. The van der Waals surface area contributed by atoms with E-state index in [0.29, 0.717) is 24.2 Å². The van der Waals surface area contributed by atoms with Crippen molar-refractivity contribution in [3.8, 4) is 0 Å². The number of aliphatic hydroxyl groups is 1. The summed E-state index contributed by atoms with van der Waals surface area (Å²) < 4.78 is 0. The molecule has 1 saturated carbocycles. The van der Waals surface area contributed by atoms with Crippen molar-refractivity contribution in [1.82, 2.24) is 5.32 Å². The van der Waals surface area contributed by atoms with E-state index >= 15 is 0 Å². The Kier molecular flexibility index (Phi) is 5.33. The van der Waals surface area contributed by atoms with Crippen molar-refractivity contribution in [3.05, 3.63) is 29.8 Å². The van der Waals surface area contributed by atoms with Crippen LogP contribution in [0, 0.1) is 0 Å². The van der Waals surface area contributed by atoms with E-state index in [4.69, 9.17) is 0 Å². The van der Waals surface area contributed by atoms with Gasteiger partial charge in [-0.2, -0.15) is 0 Å². The second-order valence-electron chi connectivity index (χ2n) is 5.66. The maximum Gasteiger partial charge on any atom is 0.251 e. The SMILES string of the molecule is O=CNc1ccc(C(=O)NCC2(O)CCCCCC2)cc1. The minimum Gasteiger partial charge on any atom is -0.388 e. The number of carbonyl (C=O) groups is 2. The molecule has 0 bridgehead atoms. The topological polar surface area (TPSA) is 78.4 Å². The van der Waals surface area contributed by atoms with Gasteiger partial charge in [-0.1, -0.05) is 25.7 Å². The Morgan fingerprint density at radius 3 is 2.33 bits per heavy atom. The summed E-state index contributed by atoms with van der Waals surface area (Å²) in [4.78, 5) is 22.4. The smallest absolute Gasteiger partial charge is 0.251 e. The van der Waals surface area contributed by atoms with Crippen LogP contribution in [0.25, 0.3) is 0 Å². The minimum absolute atomic E-state index is 0.203. The number of hydrogen-bond donors (Lipinski definition) is 3. The fourth-order valence-electron chi connectivity index (χ4n) is 2.70. The zero-order valence-electron chi connectivity index (χ0n) is 12.1. The predicted octanol–water partition coefficient (Wildman–Crippen LogP) is 2.07. The molecule has 1 aliphatic rings. The number of nitrogens with one attached hydrogen (secondary N) is 2. The van der Waals surface area contributed by atoms with Crippen LogP contribution in [0.4, 0.5) is 5.69 Å². The molecule has 5 heteroatoms. The maximum atomic E-state index is 12.1. The lowest BCUT2D eigenvalue weighted by molar-refractivity contribution is -0.105. The van der Waals surface area contributed by atoms with Gasteiger partial charge in [0.25, 0.3) is 5.91 Å². The Hall–Kier alpha value is -1.88. The minimum atomic E-state index is -0.773. The van der Waals surface area contributed by atoms with E-state index in [2.05, 4.69) is 10.6 Å². The van der Waals surface area contributed by atoms with Crippen molar-refractivity contribution in [3.63, 3.8) is 0 Å². The molecular formula is C16H22N2O3. The number of rotatable bonds is 5. The van der Waals surface area contributed by atoms with Crippen LogP contribution in [-0.4, -0.2) is 29.6 Å². The van der Waals surface area contributed by atoms with Gasteiger partial charge >= 0.3 is 0 Å². The van der Waals surface area contributed by atoms with Gasteiger partial charge < -0.3 is 15.7 Å². The third-order valence-corrected chi connectivity index (χ3v) is 3.98. The van der Waals surface area contributed by atoms with Gasteiger partial charge in [0.15, 0.2) is 0 Å². The van der Waals surface area contributed by atoms with Crippen LogP contribution < -0.4 is 10.6 Å². The van der Waals surface area contributed by atoms with Crippen molar-refractivity contribution >= 4 is 18.0 Å². The molecule has 21 heavy (non-hydrogen) atoms. The highest BCUT2D eigenvalue weighted by Gasteiger charge is 2.28. The fourth-order valence-corrected chi connectivity index (χ4v) is 2.70. The molecule has 2 amide bonds. The highest BCUT2D eigenvalue weighted by Crippen LogP contribution is 2.26. The lowest BCUT2D eigenvalue weighted by Gasteiger charge is -2.26. The van der Waals surface area contributed by atoms with Gasteiger partial charge in [0.1, 0.15) is 0 Å². The van der Waals surface area contributed by atoms with Gasteiger partial charge in [0, 0.05) is 17.8 Å². The Morgan fingerprint density at radius 1 is 1.14 bits per heavy atom. The predicted molar refractivity (Wildman–Crippen MR) is 81.1 cm³/mol. The van der Waals surface area contributed by atoms with Crippen molar-refractivity contribution < 1.29 is 14.7 Å². The summed E-state index contributed by atoms with van der Waals surface area (Å²) in [6.45, 7) is 0.292. The summed E-state index contributed by atoms with van der Waals surface area (Å²) in [5, 5.41) is 15.8. The van der Waals surface area contributed by atoms with Crippen LogP contribution in [0.1, 0.15) is 48.9 Å². The van der Waals surface area contributed by atoms with Gasteiger partial charge in [-0.15, -0.1) is 0 Å². The van der Waals surface area contributed by atoms with Crippen LogP contribution in [0.15, 0.2) is 24.3 Å². The maximum absolute atomic E-state index is 12.1. The van der Waals surface area contributed by atoms with Crippen LogP contribution in [0.5, 0.6) is 0 Å². The number of hydrogen-bond acceptors (Lipinski definition) is 3. The molecule has 2 rings (SSSR count). The van der Waals surface area contributed by atoms with Gasteiger partial charge in [-0.05, 0) is 37.1 Å². The Labute approximate surface area is 124 Å². The Bertz CT molecular complexity index is 477. The highest BCUT2D eigenvalue weighted by molar-refractivity contribution is 5.94. The molecule has 0 aromatic heterocycles. The quantitative estimate of drug-likeness (QED) is 0.574. The summed E-state index contributed by atoms with van der Waals surface area (Å²) in [7, 11) is 0. The van der Waals surface area contributed by atoms with Crippen molar-refractivity contribution in [2.24, 2.45) is 0 Å². The molecule has 3 N–H and O–H groups in total. The standard InChI is InChI=1S/C16H22N2O3/c19-12-18-14-7-5-13(6-8-14)15(20)17-11-16(21)9-3-1-2-4-10-16/h5-8,12,21H,1-4,9-11H2,(H,17,20)(H,18,19). The highest BCUT2D eigenvalue weighted by atomic mass is 16.3. The normalized spacial score (nSPS) is 17.6. The number of anilines is 1. The first-order valence-corrected chi connectivity index (χ1v) is 7.44. The Morgan fingerprint density at radius 2 is 1.76 bits per heavy atom. The molecule has 1 aromatic rings. The zero-order chi connectivity index (χ0) is 15.1. The van der Waals surface area contributed by atoms with E-state index < -0.39 is 5.60 Å². The van der Waals surface area contributed by atoms with Gasteiger partial charge in [-0.25, -0.2) is 0 Å². The largest absolute Gasteiger partial charge is 0.388 e. The molecule has 1 aliphatic carbocycles. The van der Waals surface area contributed by atoms with Crippen molar-refractivity contribution in [1.29, 1.82) is 0 Å². The average molecular weight is 290 g/mol. The molecule has 0 saturated heterocycles. The third-order valence-electron chi connectivity index (χ3n) is 3.98. The number of amides is 2. The molecule has 0 spiro atoms. The van der Waals surface area contributed by atoms with E-state index in [-0.39, 0.29) is 5.91 Å². The van der Waals surface area contributed by atoms with Crippen LogP contribution in [0.2, 0.25) is 0 Å². The summed E-state index contributed by atoms with van der Waals surface area (Å²) in [5.74, 6) is -0.203. The fraction of sp³-hybridized carbons (Fsp3) is 0.500. The first kappa shape index (κ1) is 15.5. The van der Waals surface area contributed by atoms with E-state index in [1.807, 2.05) is 0 Å². The molecule has 1 aromatic carbocycles. The third kappa shape index (κ3) is 4.56. The average Bonchev–Trinajstić information content (AvgIpc) is 2.71. The van der Waals surface area contributed by atoms with Crippen molar-refractivity contribution in [2.45, 2.75) is 44.1 Å². The summed E-state index contributed by atoms with van der Waals surface area (Å²) in [5.41, 5.74) is 0.387. The van der Waals surface area contributed by atoms with E-state index in [1.165, 1.54) is 0 Å². The number of benzene rings is 1. The summed E-state index contributed by atoms with van der Waals surface area (Å²) in [6, 6.07) is 6.64. The summed E-state index contributed by atoms with van der Waals surface area (Å²) in [6.07, 6.45) is 6.42. The lowest BCUT2D eigenvalue weighted by Crippen LogP contribution is -2.42. The van der Waals surface area contributed by atoms with E-state index in [1.54, 1.807) is 24.3 Å². The van der Waals surface area contributed by atoms with Crippen LogP contribution in [-0.2, 0) is 4.79 Å². The lowest BCUT2D eigenvalue weighted by atomic mass is 9.94. The molecule has 0 heterocycles. The van der Waals surface area contributed by atoms with Crippen LogP contribution in [0.3, 0.4) is 0 Å². The zero-order valence-corrected chi connectivity index (χ0v) is 12.1. The molecule has 0 atom stereocenters. The van der Waals surface area contributed by atoms with Crippen molar-refractivity contribution in [2.75, 3.05) is 11.9 Å². The van der Waals surface area contributed by atoms with Gasteiger partial charge in [0.2, 0.25) is 6.41 Å². The van der Waals surface area contributed by atoms with Gasteiger partial charge in [0.05, 0.1) is 5.60 Å². The van der Waals surface area contributed by atoms with E-state index in [0.717, 1.165) is 38.5 Å². The molecule has 114 valence electrons. The molecular weight excluding hydrogens is 268 g/mol. The first-order valence-electron chi connectivity index (χ1n) is 7.44. The molecule has 1 fully saturated rings. The monoisotopic (exact) mass is 290 g/mol. The molecule has 0 radical (unpaired) electrons. The molecule has 0 aliphatic heterocycles. The van der Waals surface area contributed by atoms with Gasteiger partial charge in [-0.3, -0.25) is 9.59 Å². The summed E-state index contributed by atoms with van der Waals surface area (Å²) >= 11 is 0. The second kappa shape index (κ2) is 7.22. The second-order valence-corrected chi connectivity index (χ2v) is 5.66. The van der Waals surface area contributed by atoms with Crippen LogP contribution >= 0.6 is 0 Å². The van der Waals surface area contributed by atoms with E-state index in [9.17, 15) is 14.7 Å². The first-order chi connectivity index (χ1) is 10.1. The molecule has 5 nitrogen and oxygen atoms in total. The Balaban J connectivity index is 1.89. The molecule has 0 unspecified atom stereocenters.